The molecule has 6 heteroatoms. The molecule has 5 rings (SSSR count). The minimum Gasteiger partial charge on any atom is -0.493 e. The van der Waals surface area contributed by atoms with E-state index >= 15 is 0 Å². The van der Waals surface area contributed by atoms with Gasteiger partial charge in [-0.3, -0.25) is 4.57 Å². The number of hydrogen-bond acceptors (Lipinski definition) is 5. The fourth-order valence-corrected chi connectivity index (χ4v) is 5.81. The Labute approximate surface area is 243 Å². The van der Waals surface area contributed by atoms with Crippen LogP contribution in [-0.2, 0) is 6.42 Å². The lowest BCUT2D eigenvalue weighted by atomic mass is 10.0. The number of nitrogens with zero attached hydrogens (tertiary/aromatic N) is 2. The van der Waals surface area contributed by atoms with Crippen LogP contribution in [-0.4, -0.2) is 42.9 Å². The first-order valence-corrected chi connectivity index (χ1v) is 14.6. The average molecular weight is 551 g/mol. The van der Waals surface area contributed by atoms with E-state index in [4.69, 9.17) is 14.5 Å². The summed E-state index contributed by atoms with van der Waals surface area (Å²) in [5, 5.41) is 9.68. The normalized spacial score (nSPS) is 11.4. The van der Waals surface area contributed by atoms with Gasteiger partial charge in [0.1, 0.15) is 5.65 Å². The molecule has 5 aromatic rings. The number of aromatic nitrogens is 2. The van der Waals surface area contributed by atoms with Crippen molar-refractivity contribution >= 4 is 27.6 Å². The number of anilines is 1. The van der Waals surface area contributed by atoms with Gasteiger partial charge in [0.2, 0.25) is 0 Å². The van der Waals surface area contributed by atoms with Crippen molar-refractivity contribution in [3.05, 3.63) is 88.6 Å². The van der Waals surface area contributed by atoms with Crippen molar-refractivity contribution in [2.75, 3.05) is 38.7 Å². The van der Waals surface area contributed by atoms with Crippen LogP contribution in [0.5, 0.6) is 11.5 Å². The Hall–Kier alpha value is -4.03. The Morgan fingerprint density at radius 1 is 0.854 bits per heavy atom. The lowest BCUT2D eigenvalue weighted by molar-refractivity contribution is 0.294. The highest BCUT2D eigenvalue weighted by atomic mass is 16.5. The summed E-state index contributed by atoms with van der Waals surface area (Å²) >= 11 is 0. The molecule has 0 saturated heterocycles. The second-order valence-electron chi connectivity index (χ2n) is 10.9. The lowest BCUT2D eigenvalue weighted by Crippen LogP contribution is -2.24. The second-order valence-corrected chi connectivity index (χ2v) is 10.9. The van der Waals surface area contributed by atoms with Crippen molar-refractivity contribution in [3.63, 3.8) is 0 Å². The highest BCUT2D eigenvalue weighted by Crippen LogP contribution is 2.37. The van der Waals surface area contributed by atoms with Gasteiger partial charge in [0, 0.05) is 29.9 Å². The minimum absolute atomic E-state index is 0.694. The molecule has 0 unspecified atom stereocenters. The molecule has 0 amide bonds. The van der Waals surface area contributed by atoms with Crippen molar-refractivity contribution in [2.24, 2.45) is 0 Å². The topological polar surface area (TPSA) is 60.3 Å². The maximum Gasteiger partial charge on any atom is 0.161 e. The van der Waals surface area contributed by atoms with Crippen LogP contribution in [0.25, 0.3) is 27.6 Å². The lowest BCUT2D eigenvalue weighted by Gasteiger charge is -2.16. The summed E-state index contributed by atoms with van der Waals surface area (Å²) in [7, 11) is 1.69. The molecule has 0 spiro atoms. The molecule has 0 aliphatic rings. The van der Waals surface area contributed by atoms with E-state index in [1.165, 1.54) is 44.2 Å². The number of nitrogens with one attached hydrogen (secondary N) is 2. The summed E-state index contributed by atoms with van der Waals surface area (Å²) < 4.78 is 13.7. The molecule has 214 valence electrons. The maximum atomic E-state index is 5.79. The van der Waals surface area contributed by atoms with Gasteiger partial charge in [-0.15, -0.1) is 0 Å². The van der Waals surface area contributed by atoms with Crippen LogP contribution >= 0.6 is 0 Å². The number of ether oxygens (including phenoxy) is 2. The Morgan fingerprint density at radius 2 is 1.63 bits per heavy atom. The van der Waals surface area contributed by atoms with Crippen molar-refractivity contribution in [2.45, 2.75) is 47.5 Å². The molecular weight excluding hydrogens is 508 g/mol. The first kappa shape index (κ1) is 28.5. The Bertz CT molecular complexity index is 1650. The molecule has 0 saturated carbocycles. The maximum absolute atomic E-state index is 5.79. The highest BCUT2D eigenvalue weighted by Gasteiger charge is 2.19. The number of benzene rings is 3. The number of rotatable bonds is 12. The van der Waals surface area contributed by atoms with Crippen LogP contribution < -0.4 is 20.1 Å². The van der Waals surface area contributed by atoms with Gasteiger partial charge in [0.15, 0.2) is 11.5 Å². The van der Waals surface area contributed by atoms with Crippen LogP contribution in [0.2, 0.25) is 0 Å². The molecule has 6 nitrogen and oxygen atoms in total. The van der Waals surface area contributed by atoms with Crippen LogP contribution in [0.4, 0.5) is 5.69 Å². The Kier molecular flexibility index (Phi) is 8.79. The third-order valence-electron chi connectivity index (χ3n) is 7.51. The molecular formula is C35H42N4O2. The van der Waals surface area contributed by atoms with Gasteiger partial charge in [-0.2, -0.15) is 0 Å². The average Bonchev–Trinajstić information content (AvgIpc) is 3.27. The molecule has 2 N–H and O–H groups in total. The standard InChI is InChI=1S/C35H42N4O2/c1-7-18-41-31-13-12-27(22-32(31)40-6)14-15-36-16-17-37-29-21-26(5)38-35-33(29)28-10-8-9-11-30(28)39(35)34-24(3)19-23(2)20-25(34)4/h8-13,19-22,36H,7,14-18H2,1-6H3,(H,37,38). The largest absolute Gasteiger partial charge is 0.493 e. The Morgan fingerprint density at radius 3 is 2.39 bits per heavy atom. The van der Waals surface area contributed by atoms with Crippen molar-refractivity contribution in [1.29, 1.82) is 0 Å². The van der Waals surface area contributed by atoms with Gasteiger partial charge in [0.25, 0.3) is 0 Å². The molecule has 3 aromatic carbocycles. The van der Waals surface area contributed by atoms with E-state index in [9.17, 15) is 0 Å². The molecule has 2 heterocycles. The smallest absolute Gasteiger partial charge is 0.161 e. The number of methoxy groups -OCH3 is 1. The van der Waals surface area contributed by atoms with Gasteiger partial charge >= 0.3 is 0 Å². The van der Waals surface area contributed by atoms with Crippen molar-refractivity contribution in [1.82, 2.24) is 14.9 Å². The van der Waals surface area contributed by atoms with Crippen molar-refractivity contribution in [3.8, 4) is 17.2 Å². The van der Waals surface area contributed by atoms with Crippen LogP contribution in [0.1, 0.15) is 41.3 Å². The van der Waals surface area contributed by atoms with E-state index < -0.39 is 0 Å². The number of aryl methyl sites for hydroxylation is 4. The predicted octanol–water partition coefficient (Wildman–Crippen LogP) is 7.45. The summed E-state index contributed by atoms with van der Waals surface area (Å²) in [5.74, 6) is 1.60. The molecule has 0 fully saturated rings. The predicted molar refractivity (Wildman–Crippen MR) is 171 cm³/mol. The van der Waals surface area contributed by atoms with Crippen LogP contribution in [0.15, 0.2) is 60.7 Å². The highest BCUT2D eigenvalue weighted by molar-refractivity contribution is 6.13. The molecule has 0 radical (unpaired) electrons. The van der Waals surface area contributed by atoms with E-state index in [1.807, 2.05) is 6.07 Å². The first-order valence-electron chi connectivity index (χ1n) is 14.6. The number of pyridine rings is 1. The van der Waals surface area contributed by atoms with Crippen molar-refractivity contribution < 1.29 is 9.47 Å². The quantitative estimate of drug-likeness (QED) is 0.158. The van der Waals surface area contributed by atoms with E-state index in [0.29, 0.717) is 6.61 Å². The summed E-state index contributed by atoms with van der Waals surface area (Å²) in [5.41, 5.74) is 10.5. The molecule has 0 aliphatic heterocycles. The summed E-state index contributed by atoms with van der Waals surface area (Å²) in [6.45, 7) is 14.0. The fourth-order valence-electron chi connectivity index (χ4n) is 5.81. The van der Waals surface area contributed by atoms with Crippen LogP contribution in [0.3, 0.4) is 0 Å². The summed E-state index contributed by atoms with van der Waals surface area (Å²) in [4.78, 5) is 5.07. The molecule has 41 heavy (non-hydrogen) atoms. The van der Waals surface area contributed by atoms with Gasteiger partial charge in [-0.05, 0) is 88.0 Å². The number of hydrogen-bond donors (Lipinski definition) is 2. The number of para-hydroxylation sites is 1. The monoisotopic (exact) mass is 550 g/mol. The fraction of sp³-hybridized carbons (Fsp3) is 0.343. The van der Waals surface area contributed by atoms with E-state index in [1.54, 1.807) is 7.11 Å². The molecule has 0 atom stereocenters. The van der Waals surface area contributed by atoms with Gasteiger partial charge < -0.3 is 20.1 Å². The third kappa shape index (κ3) is 6.03. The van der Waals surface area contributed by atoms with E-state index in [0.717, 1.165) is 61.0 Å². The number of fused-ring (bicyclic) bond motifs is 3. The first-order chi connectivity index (χ1) is 19.9. The van der Waals surface area contributed by atoms with E-state index in [2.05, 4.69) is 104 Å². The summed E-state index contributed by atoms with van der Waals surface area (Å²) in [6, 6.07) is 21.5. The van der Waals surface area contributed by atoms with Gasteiger partial charge in [-0.1, -0.05) is 48.9 Å². The zero-order valence-corrected chi connectivity index (χ0v) is 25.2. The van der Waals surface area contributed by atoms with Gasteiger partial charge in [-0.25, -0.2) is 4.98 Å². The minimum atomic E-state index is 0.694. The molecule has 0 aliphatic carbocycles. The van der Waals surface area contributed by atoms with E-state index in [-0.39, 0.29) is 0 Å². The van der Waals surface area contributed by atoms with Gasteiger partial charge in [0.05, 0.1) is 30.3 Å². The third-order valence-corrected chi connectivity index (χ3v) is 7.51. The van der Waals surface area contributed by atoms with Crippen LogP contribution in [0, 0.1) is 27.7 Å². The molecule has 2 aromatic heterocycles. The molecule has 0 bridgehead atoms. The SMILES string of the molecule is CCCOc1ccc(CCNCCNc2cc(C)nc3c2c2ccccc2n3-c2c(C)cc(C)cc2C)cc1OC. The Balaban J connectivity index is 1.32. The summed E-state index contributed by atoms with van der Waals surface area (Å²) in [6.07, 6.45) is 1.90. The zero-order chi connectivity index (χ0) is 28.9. The second kappa shape index (κ2) is 12.6. The zero-order valence-electron chi connectivity index (χ0n) is 25.2.